The van der Waals surface area contributed by atoms with Gasteiger partial charge in [-0.25, -0.2) is 4.79 Å². The van der Waals surface area contributed by atoms with Crippen LogP contribution in [0.4, 0.5) is 18.9 Å². The number of carbonyl (C=O) groups is 1. The first-order valence-electron chi connectivity index (χ1n) is 12.1. The second-order valence-electron chi connectivity index (χ2n) is 9.36. The van der Waals surface area contributed by atoms with Crippen LogP contribution in [0.2, 0.25) is 0 Å². The molecular formula is C29H27F3N2O4. The van der Waals surface area contributed by atoms with Gasteiger partial charge in [0.2, 0.25) is 0 Å². The molecule has 0 amide bonds. The molecule has 0 aliphatic heterocycles. The maximum Gasteiger partial charge on any atom is 0.490 e. The van der Waals surface area contributed by atoms with E-state index in [1.807, 2.05) is 62.5 Å². The number of nitrogens with one attached hydrogen (secondary N) is 1. The van der Waals surface area contributed by atoms with Crippen molar-refractivity contribution in [3.8, 4) is 11.3 Å². The molecule has 198 valence electrons. The highest BCUT2D eigenvalue weighted by Gasteiger charge is 2.38. The maximum atomic E-state index is 13.3. The highest BCUT2D eigenvalue weighted by molar-refractivity contribution is 5.84. The van der Waals surface area contributed by atoms with Gasteiger partial charge < -0.3 is 14.8 Å². The zero-order chi connectivity index (χ0) is 27.6. The van der Waals surface area contributed by atoms with Crippen LogP contribution in [0.1, 0.15) is 54.1 Å². The smallest absolute Gasteiger partial charge is 0.475 e. The third-order valence-corrected chi connectivity index (χ3v) is 6.31. The van der Waals surface area contributed by atoms with Gasteiger partial charge in [-0.1, -0.05) is 36.4 Å². The summed E-state index contributed by atoms with van der Waals surface area (Å²) < 4.78 is 38.2. The van der Waals surface area contributed by atoms with Crippen LogP contribution in [0, 0.1) is 13.8 Å². The number of hydrogen-bond acceptors (Lipinski definition) is 5. The number of pyridine rings is 1. The molecular weight excluding hydrogens is 497 g/mol. The number of hydrogen-bond donors (Lipinski definition) is 2. The van der Waals surface area contributed by atoms with Crippen LogP contribution >= 0.6 is 0 Å². The van der Waals surface area contributed by atoms with E-state index in [2.05, 4.69) is 29.4 Å². The fraction of sp³-hybridized carbons (Fsp3) is 0.276. The van der Waals surface area contributed by atoms with Crippen molar-refractivity contribution >= 4 is 22.6 Å². The number of fused-ring (bicyclic) bond motifs is 1. The van der Waals surface area contributed by atoms with E-state index in [-0.39, 0.29) is 11.5 Å². The Morgan fingerprint density at radius 3 is 2.37 bits per heavy atom. The third kappa shape index (κ3) is 5.88. The highest BCUT2D eigenvalue weighted by Crippen LogP contribution is 2.43. The monoisotopic (exact) mass is 524 g/mol. The summed E-state index contributed by atoms with van der Waals surface area (Å²) >= 11 is 0. The van der Waals surface area contributed by atoms with Crippen molar-refractivity contribution in [1.82, 2.24) is 4.98 Å². The fourth-order valence-corrected chi connectivity index (χ4v) is 4.29. The van der Waals surface area contributed by atoms with E-state index in [9.17, 15) is 18.0 Å². The van der Waals surface area contributed by atoms with Crippen molar-refractivity contribution in [2.24, 2.45) is 0 Å². The summed E-state index contributed by atoms with van der Waals surface area (Å²) in [5.74, 6) is -1.57. The predicted octanol–water partition coefficient (Wildman–Crippen LogP) is 7.16. The lowest BCUT2D eigenvalue weighted by Crippen LogP contribution is -2.21. The van der Waals surface area contributed by atoms with Crippen molar-refractivity contribution in [2.75, 3.05) is 5.32 Å². The number of benzene rings is 2. The normalized spacial score (nSPS) is 13.9. The first-order chi connectivity index (χ1) is 18.0. The molecule has 1 atom stereocenters. The lowest BCUT2D eigenvalue weighted by Gasteiger charge is -2.20. The lowest BCUT2D eigenvalue weighted by atomic mass is 9.98. The zero-order valence-corrected chi connectivity index (χ0v) is 21.1. The van der Waals surface area contributed by atoms with Crippen molar-refractivity contribution in [3.05, 3.63) is 93.4 Å². The molecule has 0 unspecified atom stereocenters. The number of carboxylic acid groups (broad SMARTS) is 1. The largest absolute Gasteiger partial charge is 0.490 e. The number of carboxylic acids is 1. The number of alkyl halides is 3. The Labute approximate surface area is 217 Å². The molecule has 4 aromatic rings. The van der Waals surface area contributed by atoms with Gasteiger partial charge >= 0.3 is 12.1 Å². The minimum absolute atomic E-state index is 0.0253. The van der Waals surface area contributed by atoms with E-state index < -0.39 is 12.1 Å². The van der Waals surface area contributed by atoms with Crippen LogP contribution in [0.15, 0.2) is 70.0 Å². The van der Waals surface area contributed by atoms with Crippen LogP contribution in [-0.2, 0) is 4.79 Å². The van der Waals surface area contributed by atoms with Gasteiger partial charge in [0.1, 0.15) is 11.3 Å². The molecule has 2 aromatic carbocycles. The molecule has 6 nitrogen and oxygen atoms in total. The molecule has 0 bridgehead atoms. The Kier molecular flexibility index (Phi) is 7.57. The Balaban J connectivity index is 0.000000426. The molecule has 38 heavy (non-hydrogen) atoms. The van der Waals surface area contributed by atoms with Crippen molar-refractivity contribution in [1.29, 1.82) is 0 Å². The average Bonchev–Trinajstić information content (AvgIpc) is 3.72. The highest BCUT2D eigenvalue weighted by atomic mass is 19.4. The van der Waals surface area contributed by atoms with Gasteiger partial charge in [0, 0.05) is 28.8 Å². The number of aromatic nitrogens is 1. The Bertz CT molecular complexity index is 1530. The van der Waals surface area contributed by atoms with Crippen molar-refractivity contribution in [3.63, 3.8) is 0 Å². The number of halogens is 3. The molecule has 2 aromatic heterocycles. The summed E-state index contributed by atoms with van der Waals surface area (Å²) in [5.41, 5.74) is 6.44. The van der Waals surface area contributed by atoms with E-state index in [1.165, 1.54) is 12.8 Å². The Morgan fingerprint density at radius 1 is 1.11 bits per heavy atom. The molecule has 9 heteroatoms. The van der Waals surface area contributed by atoms with Crippen LogP contribution in [-0.4, -0.2) is 22.2 Å². The molecule has 0 spiro atoms. The summed E-state index contributed by atoms with van der Waals surface area (Å²) in [4.78, 5) is 26.8. The van der Waals surface area contributed by atoms with Crippen LogP contribution < -0.4 is 10.7 Å². The molecule has 1 aliphatic rings. The van der Waals surface area contributed by atoms with E-state index >= 15 is 0 Å². The first kappa shape index (κ1) is 26.9. The quantitative estimate of drug-likeness (QED) is 0.288. The molecule has 2 heterocycles. The van der Waals surface area contributed by atoms with E-state index in [4.69, 9.17) is 14.3 Å². The summed E-state index contributed by atoms with van der Waals surface area (Å²) in [6, 6.07) is 17.9. The Morgan fingerprint density at radius 2 is 1.76 bits per heavy atom. The average molecular weight is 525 g/mol. The number of aryl methyl sites for hydroxylation is 1. The standard InChI is InChI=1S/C27H26N2O2.C2HF3O2/c1-16-14-21(18(3)29-23-10-7-13-28-24(23)19-11-12-19)27-22(15-16)25(30)17(2)26(31-27)20-8-5-4-6-9-20;3-2(4,5)1(6)7/h4-10,13-15,18-19,29H,11-12H2,1-3H3;(H,6,7)/t18-;/m1./s1. The first-order valence-corrected chi connectivity index (χ1v) is 12.1. The fourth-order valence-electron chi connectivity index (χ4n) is 4.29. The van der Waals surface area contributed by atoms with E-state index in [1.54, 1.807) is 0 Å². The maximum absolute atomic E-state index is 13.3. The van der Waals surface area contributed by atoms with Crippen LogP contribution in [0.5, 0.6) is 0 Å². The minimum atomic E-state index is -5.08. The summed E-state index contributed by atoms with van der Waals surface area (Å²) in [6.45, 7) is 5.98. The van der Waals surface area contributed by atoms with Gasteiger partial charge in [-0.05, 0) is 57.4 Å². The van der Waals surface area contributed by atoms with E-state index in [0.29, 0.717) is 28.2 Å². The number of rotatable bonds is 5. The zero-order valence-electron chi connectivity index (χ0n) is 21.1. The van der Waals surface area contributed by atoms with Crippen molar-refractivity contribution in [2.45, 2.75) is 51.7 Å². The SMILES string of the molecule is Cc1cc([C@@H](C)Nc2cccnc2C2CC2)c2oc(-c3ccccc3)c(C)c(=O)c2c1.O=C(O)C(F)(F)F. The van der Waals surface area contributed by atoms with Crippen molar-refractivity contribution < 1.29 is 27.5 Å². The predicted molar refractivity (Wildman–Crippen MR) is 139 cm³/mol. The van der Waals surface area contributed by atoms with E-state index in [0.717, 1.165) is 28.1 Å². The molecule has 0 saturated heterocycles. The molecule has 5 rings (SSSR count). The molecule has 1 aliphatic carbocycles. The van der Waals surface area contributed by atoms with Gasteiger partial charge in [-0.3, -0.25) is 9.78 Å². The second kappa shape index (κ2) is 10.7. The minimum Gasteiger partial charge on any atom is -0.475 e. The molecule has 0 radical (unpaired) electrons. The summed E-state index contributed by atoms with van der Waals surface area (Å²) in [7, 11) is 0. The van der Waals surface area contributed by atoms with Gasteiger partial charge in [-0.15, -0.1) is 0 Å². The number of anilines is 1. The van der Waals surface area contributed by atoms with Gasteiger partial charge in [0.05, 0.1) is 22.8 Å². The summed E-state index contributed by atoms with van der Waals surface area (Å²) in [5, 5.41) is 11.4. The second-order valence-corrected chi connectivity index (χ2v) is 9.36. The number of nitrogens with zero attached hydrogens (tertiary/aromatic N) is 1. The topological polar surface area (TPSA) is 92.4 Å². The van der Waals surface area contributed by atoms with Gasteiger partial charge in [0.15, 0.2) is 5.43 Å². The van der Waals surface area contributed by atoms with Crippen LogP contribution in [0.25, 0.3) is 22.3 Å². The van der Waals surface area contributed by atoms with Gasteiger partial charge in [0.25, 0.3) is 0 Å². The lowest BCUT2D eigenvalue weighted by molar-refractivity contribution is -0.192. The third-order valence-electron chi connectivity index (χ3n) is 6.31. The summed E-state index contributed by atoms with van der Waals surface area (Å²) in [6.07, 6.45) is -0.830. The van der Waals surface area contributed by atoms with Crippen LogP contribution in [0.3, 0.4) is 0 Å². The Hall–Kier alpha value is -4.14. The van der Waals surface area contributed by atoms with Gasteiger partial charge in [-0.2, -0.15) is 13.2 Å². The molecule has 1 saturated carbocycles. The number of aliphatic carboxylic acids is 1. The molecule has 1 fully saturated rings. The molecule has 2 N–H and O–H groups in total.